The molecular weight excluding hydrogens is 407 g/mol. The number of hydrazone groups is 1. The van der Waals surface area contributed by atoms with Crippen LogP contribution in [-0.2, 0) is 4.79 Å². The molecule has 3 aromatic rings. The molecule has 0 spiro atoms. The summed E-state index contributed by atoms with van der Waals surface area (Å²) in [5, 5.41) is 5.00. The van der Waals surface area contributed by atoms with Crippen LogP contribution in [0.2, 0.25) is 10.0 Å². The average molecular weight is 427 g/mol. The van der Waals surface area contributed by atoms with E-state index in [0.29, 0.717) is 35.2 Å². The van der Waals surface area contributed by atoms with Gasteiger partial charge in [-0.1, -0.05) is 77.8 Å². The molecule has 1 amide bonds. The molecule has 0 heterocycles. The number of amides is 1. The summed E-state index contributed by atoms with van der Waals surface area (Å²) in [6.45, 7) is 0.374. The minimum Gasteiger partial charge on any atom is -0.492 e. The van der Waals surface area contributed by atoms with Gasteiger partial charge in [-0.25, -0.2) is 5.43 Å². The Morgan fingerprint density at radius 1 is 0.966 bits per heavy atom. The number of nitrogens with one attached hydrogen (secondary N) is 1. The second-order valence-corrected chi connectivity index (χ2v) is 7.15. The first-order chi connectivity index (χ1) is 14.1. The predicted molar refractivity (Wildman–Crippen MR) is 119 cm³/mol. The summed E-state index contributed by atoms with van der Waals surface area (Å²) in [5.41, 5.74) is 5.73. The highest BCUT2D eigenvalue weighted by Gasteiger charge is 2.04. The molecule has 0 aliphatic rings. The van der Waals surface area contributed by atoms with E-state index in [1.165, 1.54) is 0 Å². The summed E-state index contributed by atoms with van der Waals surface area (Å²) in [5.74, 6) is 0.376. The zero-order valence-corrected chi connectivity index (χ0v) is 17.2. The van der Waals surface area contributed by atoms with Crippen molar-refractivity contribution in [1.82, 2.24) is 5.43 Å². The molecular formula is C23H20Cl2N2O2. The van der Waals surface area contributed by atoms with Crippen molar-refractivity contribution in [3.63, 3.8) is 0 Å². The molecule has 3 aromatic carbocycles. The molecule has 0 radical (unpaired) electrons. The number of ether oxygens (including phenoxy) is 1. The molecule has 0 aliphatic carbocycles. The van der Waals surface area contributed by atoms with Crippen molar-refractivity contribution in [3.8, 4) is 16.9 Å². The molecule has 6 heteroatoms. The van der Waals surface area contributed by atoms with E-state index in [2.05, 4.69) is 22.7 Å². The minimum absolute atomic E-state index is 0.173. The monoisotopic (exact) mass is 426 g/mol. The Hall–Kier alpha value is -2.82. The van der Waals surface area contributed by atoms with Gasteiger partial charge in [0, 0.05) is 11.4 Å². The third-order valence-corrected chi connectivity index (χ3v) is 4.65. The number of carbonyl (C=O) groups is 1. The highest BCUT2D eigenvalue weighted by Crippen LogP contribution is 2.27. The fourth-order valence-electron chi connectivity index (χ4n) is 2.63. The summed E-state index contributed by atoms with van der Waals surface area (Å²) in [7, 11) is 0. The second-order valence-electron chi connectivity index (χ2n) is 6.31. The number of carbonyl (C=O) groups excluding carboxylic acids is 1. The third-order valence-electron chi connectivity index (χ3n) is 4.12. The average Bonchev–Trinajstić information content (AvgIpc) is 2.73. The smallest absolute Gasteiger partial charge is 0.240 e. The maximum Gasteiger partial charge on any atom is 0.240 e. The van der Waals surface area contributed by atoms with Gasteiger partial charge < -0.3 is 4.74 Å². The lowest BCUT2D eigenvalue weighted by Crippen LogP contribution is -2.18. The van der Waals surface area contributed by atoms with E-state index in [9.17, 15) is 4.79 Å². The Morgan fingerprint density at radius 2 is 1.69 bits per heavy atom. The van der Waals surface area contributed by atoms with Gasteiger partial charge in [0.25, 0.3) is 0 Å². The zero-order valence-electron chi connectivity index (χ0n) is 15.6. The van der Waals surface area contributed by atoms with Gasteiger partial charge in [-0.2, -0.15) is 5.10 Å². The van der Waals surface area contributed by atoms with Gasteiger partial charge in [0.2, 0.25) is 5.91 Å². The molecule has 148 valence electrons. The van der Waals surface area contributed by atoms with Crippen molar-refractivity contribution >= 4 is 35.3 Å². The van der Waals surface area contributed by atoms with Gasteiger partial charge in [-0.3, -0.25) is 4.79 Å². The van der Waals surface area contributed by atoms with Crippen LogP contribution >= 0.6 is 23.2 Å². The summed E-state index contributed by atoms with van der Waals surface area (Å²) >= 11 is 11.9. The van der Waals surface area contributed by atoms with Gasteiger partial charge in [0.15, 0.2) is 0 Å². The highest BCUT2D eigenvalue weighted by atomic mass is 35.5. The van der Waals surface area contributed by atoms with Crippen molar-refractivity contribution < 1.29 is 9.53 Å². The number of benzene rings is 3. The van der Waals surface area contributed by atoms with Crippen LogP contribution in [0.4, 0.5) is 0 Å². The Balaban J connectivity index is 1.39. The number of rotatable bonds is 8. The number of nitrogens with zero attached hydrogens (tertiary/aromatic N) is 1. The quantitative estimate of drug-likeness (QED) is 0.274. The summed E-state index contributed by atoms with van der Waals surface area (Å²) in [6.07, 6.45) is 2.47. The van der Waals surface area contributed by atoms with Crippen molar-refractivity contribution in [2.75, 3.05) is 6.61 Å². The van der Waals surface area contributed by atoms with Crippen molar-refractivity contribution in [3.05, 3.63) is 88.4 Å². The molecule has 29 heavy (non-hydrogen) atoms. The first kappa shape index (κ1) is 20.9. The van der Waals surface area contributed by atoms with Crippen molar-refractivity contribution in [2.24, 2.45) is 5.10 Å². The van der Waals surface area contributed by atoms with Crippen LogP contribution < -0.4 is 10.2 Å². The lowest BCUT2D eigenvalue weighted by molar-refractivity contribution is -0.121. The zero-order chi connectivity index (χ0) is 20.5. The van der Waals surface area contributed by atoms with E-state index in [4.69, 9.17) is 27.9 Å². The fraction of sp³-hybridized carbons (Fsp3) is 0.130. The van der Waals surface area contributed by atoms with Gasteiger partial charge in [-0.05, 0) is 41.3 Å². The first-order valence-electron chi connectivity index (χ1n) is 9.17. The minimum atomic E-state index is -0.173. The molecule has 0 atom stereocenters. The Labute approximate surface area is 180 Å². The molecule has 1 N–H and O–H groups in total. The molecule has 0 bridgehead atoms. The van der Waals surface area contributed by atoms with E-state index < -0.39 is 0 Å². The van der Waals surface area contributed by atoms with Crippen LogP contribution in [0.3, 0.4) is 0 Å². The number of hydrogen-bond acceptors (Lipinski definition) is 3. The molecule has 0 fully saturated rings. The molecule has 0 aliphatic heterocycles. The maximum absolute atomic E-state index is 11.9. The van der Waals surface area contributed by atoms with Crippen LogP contribution in [0.5, 0.6) is 5.75 Å². The van der Waals surface area contributed by atoms with E-state index in [1.54, 1.807) is 24.4 Å². The molecule has 0 unspecified atom stereocenters. The highest BCUT2D eigenvalue weighted by molar-refractivity contribution is 6.35. The van der Waals surface area contributed by atoms with Gasteiger partial charge in [0.1, 0.15) is 5.75 Å². The predicted octanol–water partition coefficient (Wildman–Crippen LogP) is 5.97. The molecule has 0 aromatic heterocycles. The van der Waals surface area contributed by atoms with Crippen molar-refractivity contribution in [1.29, 1.82) is 0 Å². The normalized spacial score (nSPS) is 10.8. The largest absolute Gasteiger partial charge is 0.492 e. The summed E-state index contributed by atoms with van der Waals surface area (Å²) in [6, 6.07) is 23.1. The van der Waals surface area contributed by atoms with E-state index >= 15 is 0 Å². The topological polar surface area (TPSA) is 50.7 Å². The molecule has 0 saturated carbocycles. The first-order valence-corrected chi connectivity index (χ1v) is 9.92. The van der Waals surface area contributed by atoms with Crippen molar-refractivity contribution in [2.45, 2.75) is 12.8 Å². The van der Waals surface area contributed by atoms with Crippen LogP contribution in [0.15, 0.2) is 77.9 Å². The number of halogens is 2. The van der Waals surface area contributed by atoms with E-state index in [0.717, 1.165) is 16.7 Å². The van der Waals surface area contributed by atoms with Gasteiger partial charge in [0.05, 0.1) is 17.8 Å². The lowest BCUT2D eigenvalue weighted by atomic mass is 10.0. The van der Waals surface area contributed by atoms with Crippen LogP contribution in [-0.4, -0.2) is 18.7 Å². The lowest BCUT2D eigenvalue weighted by Gasteiger charge is -2.07. The Kier molecular flexibility index (Phi) is 7.68. The fourth-order valence-corrected chi connectivity index (χ4v) is 3.10. The number of hydrogen-bond donors (Lipinski definition) is 1. The Bertz CT molecular complexity index is 974. The third kappa shape index (κ3) is 6.63. The summed E-state index contributed by atoms with van der Waals surface area (Å²) in [4.78, 5) is 11.9. The summed E-state index contributed by atoms with van der Waals surface area (Å²) < 4.78 is 5.55. The van der Waals surface area contributed by atoms with Crippen LogP contribution in [0.25, 0.3) is 11.1 Å². The SMILES string of the molecule is O=C(CCCOc1ccc(Cl)cc1Cl)NN=Cc1ccc(-c2ccccc2)cc1. The van der Waals surface area contributed by atoms with E-state index in [-0.39, 0.29) is 5.91 Å². The van der Waals surface area contributed by atoms with Crippen LogP contribution in [0, 0.1) is 0 Å². The van der Waals surface area contributed by atoms with Gasteiger partial charge >= 0.3 is 0 Å². The molecule has 0 saturated heterocycles. The maximum atomic E-state index is 11.9. The molecule has 4 nitrogen and oxygen atoms in total. The molecule has 3 rings (SSSR count). The van der Waals surface area contributed by atoms with Gasteiger partial charge in [-0.15, -0.1) is 0 Å². The van der Waals surface area contributed by atoms with E-state index in [1.807, 2.05) is 42.5 Å². The van der Waals surface area contributed by atoms with Crippen LogP contribution in [0.1, 0.15) is 18.4 Å². The standard InChI is InChI=1S/C23H20Cl2N2O2/c24-20-12-13-22(21(25)15-20)29-14-4-7-23(28)27-26-16-17-8-10-19(11-9-17)18-5-2-1-3-6-18/h1-3,5-6,8-13,15-16H,4,7,14H2,(H,27,28). The second kappa shape index (κ2) is 10.6. The Morgan fingerprint density at radius 3 is 2.41 bits per heavy atom.